The van der Waals surface area contributed by atoms with Crippen LogP contribution in [0.3, 0.4) is 0 Å². The lowest BCUT2D eigenvalue weighted by molar-refractivity contribution is -0.145. The molecule has 3 fully saturated rings. The maximum Gasteiger partial charge on any atom is 0.247 e. The topological polar surface area (TPSA) is 81.2 Å². The number of rotatable bonds is 9. The molecular weight excluding hydrogens is 486 g/mol. The van der Waals surface area contributed by atoms with Gasteiger partial charge in [0.25, 0.3) is 0 Å². The van der Waals surface area contributed by atoms with Gasteiger partial charge in [-0.1, -0.05) is 37.3 Å². The molecule has 7 nitrogen and oxygen atoms in total. The molecule has 3 heterocycles. The highest BCUT2D eigenvalue weighted by Crippen LogP contribution is 2.69. The summed E-state index contributed by atoms with van der Waals surface area (Å²) >= 11 is 1.65. The Morgan fingerprint density at radius 1 is 1.16 bits per heavy atom. The van der Waals surface area contributed by atoms with Gasteiger partial charge in [-0.3, -0.25) is 14.4 Å². The molecule has 0 aliphatic carbocycles. The predicted octanol–water partition coefficient (Wildman–Crippen LogP) is 3.35. The predicted molar refractivity (Wildman–Crippen MR) is 148 cm³/mol. The van der Waals surface area contributed by atoms with Gasteiger partial charge >= 0.3 is 0 Å². The van der Waals surface area contributed by atoms with Crippen molar-refractivity contribution in [1.82, 2.24) is 9.80 Å². The Hall–Kier alpha value is -2.58. The number of β-amino-alcohol motifs (C(OH)–C–C–N with tert-alkyl or cyclic N) is 1. The Kier molecular flexibility index (Phi) is 7.64. The van der Waals surface area contributed by atoms with E-state index in [4.69, 9.17) is 0 Å². The highest BCUT2D eigenvalue weighted by Gasteiger charge is 2.76. The monoisotopic (exact) mass is 525 g/mol. The molecule has 8 heteroatoms. The van der Waals surface area contributed by atoms with E-state index in [9.17, 15) is 19.5 Å². The lowest BCUT2D eigenvalue weighted by Gasteiger charge is -2.44. The van der Waals surface area contributed by atoms with Gasteiger partial charge in [0.2, 0.25) is 17.7 Å². The Bertz CT molecular complexity index is 1070. The summed E-state index contributed by atoms with van der Waals surface area (Å²) in [5.41, 5.74) is 0.277. The van der Waals surface area contributed by atoms with E-state index in [1.807, 2.05) is 51.1 Å². The van der Waals surface area contributed by atoms with Crippen molar-refractivity contribution in [3.8, 4) is 0 Å². The number of carbonyl (C=O) groups is 3. The van der Waals surface area contributed by atoms with Crippen LogP contribution in [0.5, 0.6) is 0 Å². The summed E-state index contributed by atoms with van der Waals surface area (Å²) in [6, 6.07) is 8.70. The summed E-state index contributed by atoms with van der Waals surface area (Å²) < 4.78 is -0.727. The van der Waals surface area contributed by atoms with Gasteiger partial charge in [0.1, 0.15) is 6.04 Å². The number of aliphatic hydroxyl groups is 1. The SMILES string of the molecule is C=CCN(C(=O)[C@@H]1[C@@H]2CC(C)C3(S2)C(C(=O)N(CC=C)C(C)(C)C)N(CCO)C(=O)[C@H]13)c1ccccc1. The third-order valence-electron chi connectivity index (χ3n) is 8.14. The van der Waals surface area contributed by atoms with Crippen LogP contribution in [0.2, 0.25) is 0 Å². The van der Waals surface area contributed by atoms with Crippen LogP contribution in [0.4, 0.5) is 5.69 Å². The number of anilines is 1. The third-order valence-corrected chi connectivity index (χ3v) is 10.2. The molecule has 3 aliphatic heterocycles. The van der Waals surface area contributed by atoms with E-state index >= 15 is 0 Å². The number of hydrogen-bond donors (Lipinski definition) is 1. The van der Waals surface area contributed by atoms with Crippen molar-refractivity contribution < 1.29 is 19.5 Å². The molecule has 37 heavy (non-hydrogen) atoms. The summed E-state index contributed by atoms with van der Waals surface area (Å²) in [5, 5.41) is 9.84. The second-order valence-electron chi connectivity index (χ2n) is 11.3. The number of para-hydroxylation sites is 1. The van der Waals surface area contributed by atoms with Crippen LogP contribution in [-0.2, 0) is 14.4 Å². The zero-order chi connectivity index (χ0) is 27.1. The number of thioether (sulfide) groups is 1. The van der Waals surface area contributed by atoms with Crippen LogP contribution in [-0.4, -0.2) is 80.4 Å². The lowest BCUT2D eigenvalue weighted by Crippen LogP contribution is -2.60. The Morgan fingerprint density at radius 2 is 1.81 bits per heavy atom. The van der Waals surface area contributed by atoms with Gasteiger partial charge in [-0.25, -0.2) is 0 Å². The van der Waals surface area contributed by atoms with Crippen LogP contribution in [0.25, 0.3) is 0 Å². The third kappa shape index (κ3) is 4.32. The first kappa shape index (κ1) is 27.5. The van der Waals surface area contributed by atoms with Gasteiger partial charge in [0, 0.05) is 36.1 Å². The number of nitrogens with zero attached hydrogens (tertiary/aromatic N) is 3. The van der Waals surface area contributed by atoms with E-state index in [-0.39, 0.29) is 42.0 Å². The number of benzene rings is 1. The maximum absolute atomic E-state index is 14.3. The highest BCUT2D eigenvalue weighted by molar-refractivity contribution is 8.02. The van der Waals surface area contributed by atoms with Crippen LogP contribution < -0.4 is 4.90 Å². The maximum atomic E-state index is 14.3. The van der Waals surface area contributed by atoms with Crippen molar-refractivity contribution in [2.75, 3.05) is 31.1 Å². The fourth-order valence-corrected chi connectivity index (χ4v) is 9.05. The number of fused-ring (bicyclic) bond motifs is 1. The number of likely N-dealkylation sites (tertiary alicyclic amines) is 1. The fourth-order valence-electron chi connectivity index (χ4n) is 6.64. The van der Waals surface area contributed by atoms with Crippen molar-refractivity contribution >= 4 is 35.2 Å². The van der Waals surface area contributed by atoms with Crippen molar-refractivity contribution in [2.24, 2.45) is 17.8 Å². The summed E-state index contributed by atoms with van der Waals surface area (Å²) in [4.78, 5) is 47.6. The average molecular weight is 526 g/mol. The van der Waals surface area contributed by atoms with Gasteiger partial charge in [-0.2, -0.15) is 0 Å². The minimum atomic E-state index is -0.747. The van der Waals surface area contributed by atoms with Gasteiger partial charge in [0.15, 0.2) is 0 Å². The van der Waals surface area contributed by atoms with Gasteiger partial charge < -0.3 is 19.8 Å². The first-order valence-electron chi connectivity index (χ1n) is 13.0. The molecule has 0 radical (unpaired) electrons. The van der Waals surface area contributed by atoms with Gasteiger partial charge in [0.05, 0.1) is 23.2 Å². The molecule has 3 saturated heterocycles. The smallest absolute Gasteiger partial charge is 0.247 e. The molecule has 0 saturated carbocycles. The van der Waals surface area contributed by atoms with Crippen LogP contribution >= 0.6 is 11.8 Å². The molecule has 0 aromatic heterocycles. The molecule has 3 aliphatic rings. The van der Waals surface area contributed by atoms with Crippen molar-refractivity contribution in [3.05, 3.63) is 55.6 Å². The Morgan fingerprint density at radius 3 is 2.38 bits per heavy atom. The molecule has 4 rings (SSSR count). The largest absolute Gasteiger partial charge is 0.395 e. The molecule has 2 bridgehead atoms. The average Bonchev–Trinajstić information content (AvgIpc) is 3.44. The number of carbonyl (C=O) groups excluding carboxylic acids is 3. The lowest BCUT2D eigenvalue weighted by atomic mass is 9.65. The molecule has 200 valence electrons. The molecular formula is C29H39N3O4S. The summed E-state index contributed by atoms with van der Waals surface area (Å²) in [5.74, 6) is -1.56. The Labute approximate surface area is 224 Å². The highest BCUT2D eigenvalue weighted by atomic mass is 32.2. The first-order chi connectivity index (χ1) is 17.5. The van der Waals surface area contributed by atoms with E-state index in [0.29, 0.717) is 13.1 Å². The second kappa shape index (κ2) is 10.3. The summed E-state index contributed by atoms with van der Waals surface area (Å²) in [6.07, 6.45) is 4.16. The van der Waals surface area contributed by atoms with Crippen molar-refractivity contribution in [2.45, 2.75) is 55.7 Å². The van der Waals surface area contributed by atoms with E-state index in [1.165, 1.54) is 0 Å². The molecule has 1 aromatic rings. The van der Waals surface area contributed by atoms with Crippen molar-refractivity contribution in [3.63, 3.8) is 0 Å². The zero-order valence-corrected chi connectivity index (χ0v) is 23.1. The van der Waals surface area contributed by atoms with E-state index in [0.717, 1.165) is 12.1 Å². The molecule has 1 N–H and O–H groups in total. The van der Waals surface area contributed by atoms with E-state index in [1.54, 1.807) is 38.6 Å². The van der Waals surface area contributed by atoms with Gasteiger partial charge in [-0.05, 0) is 45.2 Å². The van der Waals surface area contributed by atoms with Crippen LogP contribution in [0.1, 0.15) is 34.1 Å². The van der Waals surface area contributed by atoms with Crippen LogP contribution in [0, 0.1) is 17.8 Å². The van der Waals surface area contributed by atoms with E-state index < -0.39 is 28.2 Å². The second-order valence-corrected chi connectivity index (χ2v) is 12.8. The van der Waals surface area contributed by atoms with E-state index in [2.05, 4.69) is 20.1 Å². The molecule has 3 unspecified atom stereocenters. The number of amides is 3. The molecule has 1 spiro atoms. The molecule has 6 atom stereocenters. The molecule has 1 aromatic carbocycles. The molecule has 3 amide bonds. The van der Waals surface area contributed by atoms with Crippen molar-refractivity contribution in [1.29, 1.82) is 0 Å². The number of hydrogen-bond acceptors (Lipinski definition) is 5. The van der Waals surface area contributed by atoms with Gasteiger partial charge in [-0.15, -0.1) is 24.9 Å². The Balaban J connectivity index is 1.79. The standard InChI is InChI=1S/C29H39N3O4S/c1-7-14-30(20-12-10-9-11-13-20)25(34)22-21-18-19(3)29(37-21)23(22)26(35)31(16-17-33)24(29)27(36)32(15-8-2)28(4,5)6/h7-13,19,21-24,33H,1-2,14-18H2,3-6H3/t19?,21-,22+,23-,24?,29?/m0/s1. The minimum Gasteiger partial charge on any atom is -0.395 e. The number of aliphatic hydroxyl groups excluding tert-OH is 1. The quantitative estimate of drug-likeness (QED) is 0.500. The summed E-state index contributed by atoms with van der Waals surface area (Å²) in [6.45, 7) is 16.2. The first-order valence-corrected chi connectivity index (χ1v) is 13.9. The van der Waals surface area contributed by atoms with Crippen LogP contribution in [0.15, 0.2) is 55.6 Å². The normalized spacial score (nSPS) is 30.2. The minimum absolute atomic E-state index is 0.0541. The zero-order valence-electron chi connectivity index (χ0n) is 22.3. The fraction of sp³-hybridized carbons (Fsp3) is 0.552. The summed E-state index contributed by atoms with van der Waals surface area (Å²) in [7, 11) is 0.